The topological polar surface area (TPSA) is 79.0 Å². The van der Waals surface area contributed by atoms with Crippen LogP contribution in [0.1, 0.15) is 23.2 Å². The van der Waals surface area contributed by atoms with Gasteiger partial charge in [-0.2, -0.15) is 0 Å². The molecule has 1 N–H and O–H groups in total. The predicted octanol–water partition coefficient (Wildman–Crippen LogP) is 3.05. The molecule has 7 nitrogen and oxygen atoms in total. The maximum absolute atomic E-state index is 12.5. The first-order chi connectivity index (χ1) is 14.0. The van der Waals surface area contributed by atoms with Crippen LogP contribution in [-0.2, 0) is 9.59 Å². The van der Waals surface area contributed by atoms with E-state index in [-0.39, 0.29) is 30.9 Å². The smallest absolute Gasteiger partial charge is 0.265 e. The van der Waals surface area contributed by atoms with Gasteiger partial charge in [-0.3, -0.25) is 19.3 Å². The van der Waals surface area contributed by atoms with Gasteiger partial charge in [0.2, 0.25) is 5.91 Å². The summed E-state index contributed by atoms with van der Waals surface area (Å²) in [4.78, 5) is 40.4. The van der Waals surface area contributed by atoms with Crippen LogP contribution < -0.4 is 15.0 Å². The maximum atomic E-state index is 12.5. The summed E-state index contributed by atoms with van der Waals surface area (Å²) in [5, 5.41) is 2.78. The fraction of sp³-hybridized carbons (Fsp3) is 0.286. The van der Waals surface area contributed by atoms with Gasteiger partial charge in [-0.1, -0.05) is 15.9 Å². The number of ether oxygens (including phenoxy) is 1. The zero-order chi connectivity index (χ0) is 20.4. The molecular formula is C21H20BrN3O4. The summed E-state index contributed by atoms with van der Waals surface area (Å²) in [6.07, 6.45) is 2.08. The molecule has 2 aromatic carbocycles. The van der Waals surface area contributed by atoms with Crippen LogP contribution in [0.3, 0.4) is 0 Å². The third-order valence-electron chi connectivity index (χ3n) is 4.98. The van der Waals surface area contributed by atoms with Gasteiger partial charge in [0.15, 0.2) is 6.61 Å². The summed E-state index contributed by atoms with van der Waals surface area (Å²) in [6.45, 7) is 1.36. The van der Waals surface area contributed by atoms with Gasteiger partial charge in [-0.25, -0.2) is 0 Å². The minimum absolute atomic E-state index is 0.0158. The highest BCUT2D eigenvalue weighted by molar-refractivity contribution is 9.10. The van der Waals surface area contributed by atoms with Gasteiger partial charge in [0.25, 0.3) is 11.8 Å². The Morgan fingerprint density at radius 2 is 1.79 bits per heavy atom. The number of carbonyl (C=O) groups excluding carboxylic acids is 3. The van der Waals surface area contributed by atoms with Crippen molar-refractivity contribution in [3.05, 3.63) is 52.5 Å². The van der Waals surface area contributed by atoms with Gasteiger partial charge in [0.05, 0.1) is 5.69 Å². The largest absolute Gasteiger partial charge is 0.482 e. The monoisotopic (exact) mass is 457 g/mol. The molecule has 0 saturated carbocycles. The van der Waals surface area contributed by atoms with Gasteiger partial charge in [-0.15, -0.1) is 0 Å². The molecule has 2 aliphatic heterocycles. The van der Waals surface area contributed by atoms with Crippen molar-refractivity contribution in [2.45, 2.75) is 12.8 Å². The number of nitrogens with zero attached hydrogens (tertiary/aromatic N) is 2. The van der Waals surface area contributed by atoms with Crippen molar-refractivity contribution < 1.29 is 19.1 Å². The lowest BCUT2D eigenvalue weighted by molar-refractivity contribution is -0.123. The first-order valence-electron chi connectivity index (χ1n) is 9.43. The van der Waals surface area contributed by atoms with E-state index in [9.17, 15) is 14.4 Å². The first-order valence-corrected chi connectivity index (χ1v) is 10.2. The predicted molar refractivity (Wildman–Crippen MR) is 112 cm³/mol. The lowest BCUT2D eigenvalue weighted by Crippen LogP contribution is -2.43. The minimum atomic E-state index is -0.326. The molecule has 8 heteroatoms. The molecule has 0 aliphatic carbocycles. The fourth-order valence-corrected chi connectivity index (χ4v) is 3.83. The van der Waals surface area contributed by atoms with E-state index < -0.39 is 0 Å². The minimum Gasteiger partial charge on any atom is -0.482 e. The van der Waals surface area contributed by atoms with Crippen LogP contribution in [0, 0.1) is 0 Å². The van der Waals surface area contributed by atoms with E-state index in [0.29, 0.717) is 22.7 Å². The second-order valence-electron chi connectivity index (χ2n) is 7.01. The lowest BCUT2D eigenvalue weighted by Gasteiger charge is -2.29. The van der Waals surface area contributed by atoms with Crippen molar-refractivity contribution in [2.24, 2.45) is 0 Å². The van der Waals surface area contributed by atoms with E-state index in [4.69, 9.17) is 4.74 Å². The van der Waals surface area contributed by atoms with E-state index in [2.05, 4.69) is 21.2 Å². The Kier molecular flexibility index (Phi) is 5.53. The van der Waals surface area contributed by atoms with Crippen LogP contribution in [0.5, 0.6) is 5.75 Å². The first kappa shape index (κ1) is 19.4. The molecule has 2 aliphatic rings. The Hall–Kier alpha value is -2.87. The number of benzene rings is 2. The molecule has 3 amide bonds. The number of anilines is 2. The van der Waals surface area contributed by atoms with Crippen LogP contribution in [0.25, 0.3) is 0 Å². The second kappa shape index (κ2) is 8.24. The van der Waals surface area contributed by atoms with Gasteiger partial charge >= 0.3 is 0 Å². The molecule has 1 saturated heterocycles. The average molecular weight is 458 g/mol. The molecule has 4 rings (SSSR count). The lowest BCUT2D eigenvalue weighted by atomic mass is 10.2. The van der Waals surface area contributed by atoms with Crippen molar-refractivity contribution in [3.63, 3.8) is 0 Å². The highest BCUT2D eigenvalue weighted by Crippen LogP contribution is 2.34. The van der Waals surface area contributed by atoms with Gasteiger partial charge in [0.1, 0.15) is 12.3 Å². The SMILES string of the molecule is O=C(CN1C(=O)COc2cc(Br)ccc21)Nc1ccc(C(=O)N2CCCC2)cc1. The quantitative estimate of drug-likeness (QED) is 0.764. The summed E-state index contributed by atoms with van der Waals surface area (Å²) >= 11 is 3.37. The van der Waals surface area contributed by atoms with Gasteiger partial charge < -0.3 is 15.0 Å². The van der Waals surface area contributed by atoms with Gasteiger partial charge in [0, 0.05) is 28.8 Å². The van der Waals surface area contributed by atoms with Crippen LogP contribution in [0.2, 0.25) is 0 Å². The molecule has 150 valence electrons. The summed E-state index contributed by atoms with van der Waals surface area (Å²) < 4.78 is 6.27. The van der Waals surface area contributed by atoms with E-state index in [1.165, 1.54) is 4.90 Å². The molecule has 0 radical (unpaired) electrons. The summed E-state index contributed by atoms with van der Waals surface area (Å²) in [5.41, 5.74) is 1.74. The van der Waals surface area contributed by atoms with Gasteiger partial charge in [-0.05, 0) is 55.3 Å². The van der Waals surface area contributed by atoms with Crippen molar-refractivity contribution in [3.8, 4) is 5.75 Å². The molecule has 29 heavy (non-hydrogen) atoms. The molecule has 0 atom stereocenters. The van der Waals surface area contributed by atoms with Crippen LogP contribution in [0.15, 0.2) is 46.9 Å². The number of hydrogen-bond donors (Lipinski definition) is 1. The third kappa shape index (κ3) is 4.27. The molecule has 2 heterocycles. The Balaban J connectivity index is 1.41. The number of amides is 3. The Morgan fingerprint density at radius 3 is 2.52 bits per heavy atom. The maximum Gasteiger partial charge on any atom is 0.265 e. The molecule has 2 aromatic rings. The molecule has 0 bridgehead atoms. The van der Waals surface area contributed by atoms with E-state index in [1.807, 2.05) is 4.90 Å². The molecular weight excluding hydrogens is 438 g/mol. The molecule has 1 fully saturated rings. The summed E-state index contributed by atoms with van der Waals surface area (Å²) in [5.74, 6) is -0.0344. The third-order valence-corrected chi connectivity index (χ3v) is 5.47. The highest BCUT2D eigenvalue weighted by atomic mass is 79.9. The number of halogens is 1. The fourth-order valence-electron chi connectivity index (χ4n) is 3.49. The number of likely N-dealkylation sites (tertiary alicyclic amines) is 1. The summed E-state index contributed by atoms with van der Waals surface area (Å²) in [7, 11) is 0. The van der Waals surface area contributed by atoms with Crippen molar-refractivity contribution in [1.29, 1.82) is 0 Å². The number of rotatable bonds is 4. The number of carbonyl (C=O) groups is 3. The zero-order valence-electron chi connectivity index (χ0n) is 15.7. The number of hydrogen-bond acceptors (Lipinski definition) is 4. The van der Waals surface area contributed by atoms with Crippen molar-refractivity contribution in [2.75, 3.05) is 36.5 Å². The molecule has 0 unspecified atom stereocenters. The molecule has 0 spiro atoms. The normalized spacial score (nSPS) is 15.7. The molecule has 0 aromatic heterocycles. The highest BCUT2D eigenvalue weighted by Gasteiger charge is 2.27. The standard InChI is InChI=1S/C21H20BrN3O4/c22-15-5-8-17-18(11-15)29-13-20(27)25(17)12-19(26)23-16-6-3-14(4-7-16)21(28)24-9-1-2-10-24/h3-8,11H,1-2,9-10,12-13H2,(H,23,26). The van der Waals surface area contributed by atoms with Crippen LogP contribution >= 0.6 is 15.9 Å². The number of nitrogens with one attached hydrogen (secondary N) is 1. The van der Waals surface area contributed by atoms with E-state index in [0.717, 1.165) is 30.4 Å². The van der Waals surface area contributed by atoms with Crippen molar-refractivity contribution in [1.82, 2.24) is 4.90 Å². The second-order valence-corrected chi connectivity index (χ2v) is 7.92. The van der Waals surface area contributed by atoms with E-state index in [1.54, 1.807) is 42.5 Å². The number of fused-ring (bicyclic) bond motifs is 1. The Morgan fingerprint density at radius 1 is 1.07 bits per heavy atom. The van der Waals surface area contributed by atoms with Crippen LogP contribution in [0.4, 0.5) is 11.4 Å². The Bertz CT molecular complexity index is 955. The van der Waals surface area contributed by atoms with Crippen LogP contribution in [-0.4, -0.2) is 48.9 Å². The van der Waals surface area contributed by atoms with E-state index >= 15 is 0 Å². The Labute approximate surface area is 176 Å². The zero-order valence-corrected chi connectivity index (χ0v) is 17.3. The summed E-state index contributed by atoms with van der Waals surface area (Å²) in [6, 6.07) is 12.1. The van der Waals surface area contributed by atoms with Crippen molar-refractivity contribution >= 4 is 45.0 Å². The average Bonchev–Trinajstić information content (AvgIpc) is 3.25.